The summed E-state index contributed by atoms with van der Waals surface area (Å²) in [5.41, 5.74) is 0. The van der Waals surface area contributed by atoms with E-state index in [1.54, 1.807) is 0 Å². The van der Waals surface area contributed by atoms with Crippen molar-refractivity contribution < 1.29 is 14.9 Å². The molecule has 0 aliphatic carbocycles. The molecular weight excluding hydrogens is 266 g/mol. The molecule has 0 heterocycles. The summed E-state index contributed by atoms with van der Waals surface area (Å²) in [7, 11) is 0. The molecule has 4 nitrogen and oxygen atoms in total. The number of hydrogen-bond acceptors (Lipinski definition) is 4. The molecule has 0 aliphatic heterocycles. The summed E-state index contributed by atoms with van der Waals surface area (Å²) in [4.78, 5) is 0. The van der Waals surface area contributed by atoms with Crippen LogP contribution in [0, 0.1) is 11.8 Å². The van der Waals surface area contributed by atoms with Crippen molar-refractivity contribution in [2.75, 3.05) is 32.9 Å². The third-order valence-corrected chi connectivity index (χ3v) is 4.13. The lowest BCUT2D eigenvalue weighted by atomic mass is 10.0. The fraction of sp³-hybridized carbons (Fsp3) is 1.00. The van der Waals surface area contributed by atoms with Crippen molar-refractivity contribution in [2.45, 2.75) is 65.4 Å². The van der Waals surface area contributed by atoms with Gasteiger partial charge < -0.3 is 20.3 Å². The van der Waals surface area contributed by atoms with Crippen LogP contribution >= 0.6 is 0 Å². The Bertz CT molecular complexity index is 214. The Hall–Kier alpha value is -0.160. The second-order valence-corrected chi connectivity index (χ2v) is 6.05. The Kier molecular flexibility index (Phi) is 14.7. The normalized spacial score (nSPS) is 15.9. The maximum atomic E-state index is 9.89. The highest BCUT2D eigenvalue weighted by Gasteiger charge is 2.10. The predicted molar refractivity (Wildman–Crippen MR) is 88.5 cm³/mol. The summed E-state index contributed by atoms with van der Waals surface area (Å²) in [6, 6.07) is 0. The monoisotopic (exact) mass is 303 g/mol. The first-order valence-electron chi connectivity index (χ1n) is 8.75. The molecule has 128 valence electrons. The predicted octanol–water partition coefficient (Wildman–Crippen LogP) is 2.58. The van der Waals surface area contributed by atoms with Gasteiger partial charge in [-0.05, 0) is 31.2 Å². The summed E-state index contributed by atoms with van der Waals surface area (Å²) in [6.45, 7) is 9.36. The molecule has 0 saturated heterocycles. The molecule has 3 unspecified atom stereocenters. The second-order valence-electron chi connectivity index (χ2n) is 6.05. The van der Waals surface area contributed by atoms with Gasteiger partial charge in [0, 0.05) is 19.8 Å². The quantitative estimate of drug-likeness (QED) is 0.435. The minimum Gasteiger partial charge on any atom is -0.396 e. The van der Waals surface area contributed by atoms with Gasteiger partial charge in [0.05, 0.1) is 12.7 Å². The van der Waals surface area contributed by atoms with Crippen LogP contribution in [0.3, 0.4) is 0 Å². The second kappa shape index (κ2) is 14.8. The van der Waals surface area contributed by atoms with Gasteiger partial charge in [0.15, 0.2) is 0 Å². The SMILES string of the molecule is CCCCC(CC)COCC(O)CNCC(CC)CCO. The summed E-state index contributed by atoms with van der Waals surface area (Å²) in [5, 5.41) is 22.1. The van der Waals surface area contributed by atoms with Crippen LogP contribution < -0.4 is 5.32 Å². The van der Waals surface area contributed by atoms with E-state index in [1.165, 1.54) is 19.3 Å². The van der Waals surface area contributed by atoms with Gasteiger partial charge >= 0.3 is 0 Å². The average molecular weight is 303 g/mol. The molecule has 3 N–H and O–H groups in total. The van der Waals surface area contributed by atoms with E-state index < -0.39 is 6.10 Å². The summed E-state index contributed by atoms with van der Waals surface area (Å²) in [6.07, 6.45) is 6.29. The number of nitrogens with one attached hydrogen (secondary N) is 1. The average Bonchev–Trinajstić information content (AvgIpc) is 2.49. The van der Waals surface area contributed by atoms with Crippen LogP contribution in [0.5, 0.6) is 0 Å². The standard InChI is InChI=1S/C17H37NO3/c1-4-7-8-16(6-3)13-21-14-17(20)12-18-11-15(5-2)9-10-19/h15-20H,4-14H2,1-3H3. The van der Waals surface area contributed by atoms with Gasteiger partial charge in [0.2, 0.25) is 0 Å². The van der Waals surface area contributed by atoms with Crippen molar-refractivity contribution in [1.29, 1.82) is 0 Å². The molecule has 3 atom stereocenters. The molecule has 0 aromatic rings. The minimum absolute atomic E-state index is 0.238. The summed E-state index contributed by atoms with van der Waals surface area (Å²) >= 11 is 0. The van der Waals surface area contributed by atoms with Gasteiger partial charge in [0.1, 0.15) is 0 Å². The van der Waals surface area contributed by atoms with Gasteiger partial charge in [-0.3, -0.25) is 0 Å². The molecule has 0 bridgehead atoms. The van der Waals surface area contributed by atoms with Gasteiger partial charge in [-0.25, -0.2) is 0 Å². The van der Waals surface area contributed by atoms with Crippen LogP contribution in [-0.4, -0.2) is 49.2 Å². The molecule has 0 amide bonds. The number of ether oxygens (including phenoxy) is 1. The highest BCUT2D eigenvalue weighted by atomic mass is 16.5. The molecule has 0 aromatic carbocycles. The highest BCUT2D eigenvalue weighted by molar-refractivity contribution is 4.64. The third-order valence-electron chi connectivity index (χ3n) is 4.13. The van der Waals surface area contributed by atoms with Crippen molar-refractivity contribution in [3.05, 3.63) is 0 Å². The highest BCUT2D eigenvalue weighted by Crippen LogP contribution is 2.12. The number of rotatable bonds is 15. The van der Waals surface area contributed by atoms with Crippen molar-refractivity contribution >= 4 is 0 Å². The Balaban J connectivity index is 3.62. The number of aliphatic hydroxyl groups is 2. The van der Waals surface area contributed by atoms with E-state index in [4.69, 9.17) is 9.84 Å². The van der Waals surface area contributed by atoms with E-state index in [2.05, 4.69) is 26.1 Å². The van der Waals surface area contributed by atoms with Gasteiger partial charge in [0.25, 0.3) is 0 Å². The zero-order valence-corrected chi connectivity index (χ0v) is 14.3. The van der Waals surface area contributed by atoms with E-state index in [0.29, 0.717) is 25.0 Å². The van der Waals surface area contributed by atoms with Crippen LogP contribution in [0.1, 0.15) is 59.3 Å². The van der Waals surface area contributed by atoms with Gasteiger partial charge in [-0.15, -0.1) is 0 Å². The van der Waals surface area contributed by atoms with Crippen LogP contribution in [0.2, 0.25) is 0 Å². The van der Waals surface area contributed by atoms with E-state index in [-0.39, 0.29) is 6.61 Å². The fourth-order valence-electron chi connectivity index (χ4n) is 2.41. The van der Waals surface area contributed by atoms with E-state index in [9.17, 15) is 5.11 Å². The largest absolute Gasteiger partial charge is 0.396 e. The smallest absolute Gasteiger partial charge is 0.0897 e. The van der Waals surface area contributed by atoms with Crippen LogP contribution in [-0.2, 0) is 4.74 Å². The maximum absolute atomic E-state index is 9.89. The summed E-state index contributed by atoms with van der Waals surface area (Å²) in [5.74, 6) is 1.11. The molecule has 0 spiro atoms. The number of hydrogen-bond donors (Lipinski definition) is 3. The zero-order valence-electron chi connectivity index (χ0n) is 14.3. The molecule has 0 rings (SSSR count). The number of unbranched alkanes of at least 4 members (excludes halogenated alkanes) is 1. The van der Waals surface area contributed by atoms with Gasteiger partial charge in [-0.2, -0.15) is 0 Å². The Morgan fingerprint density at radius 1 is 0.952 bits per heavy atom. The Morgan fingerprint density at radius 3 is 2.24 bits per heavy atom. The first-order chi connectivity index (χ1) is 10.2. The van der Waals surface area contributed by atoms with Crippen molar-refractivity contribution in [3.63, 3.8) is 0 Å². The lowest BCUT2D eigenvalue weighted by Gasteiger charge is -2.18. The Morgan fingerprint density at radius 2 is 1.67 bits per heavy atom. The van der Waals surface area contributed by atoms with Crippen molar-refractivity contribution in [2.24, 2.45) is 11.8 Å². The topological polar surface area (TPSA) is 61.7 Å². The fourth-order valence-corrected chi connectivity index (χ4v) is 2.41. The molecular formula is C17H37NO3. The molecule has 0 radical (unpaired) electrons. The lowest BCUT2D eigenvalue weighted by molar-refractivity contribution is 0.0189. The first-order valence-corrected chi connectivity index (χ1v) is 8.75. The van der Waals surface area contributed by atoms with Gasteiger partial charge in [-0.1, -0.05) is 46.5 Å². The molecule has 0 aliphatic rings. The Labute approximate surface area is 131 Å². The van der Waals surface area contributed by atoms with E-state index in [0.717, 1.165) is 32.4 Å². The van der Waals surface area contributed by atoms with E-state index >= 15 is 0 Å². The van der Waals surface area contributed by atoms with E-state index in [1.807, 2.05) is 0 Å². The molecule has 4 heteroatoms. The molecule has 0 aromatic heterocycles. The molecule has 0 saturated carbocycles. The molecule has 0 fully saturated rings. The number of aliphatic hydroxyl groups excluding tert-OH is 2. The van der Waals surface area contributed by atoms with Crippen LogP contribution in [0.15, 0.2) is 0 Å². The minimum atomic E-state index is -0.444. The summed E-state index contributed by atoms with van der Waals surface area (Å²) < 4.78 is 5.65. The van der Waals surface area contributed by atoms with Crippen molar-refractivity contribution in [1.82, 2.24) is 5.32 Å². The lowest BCUT2D eigenvalue weighted by Crippen LogP contribution is -2.34. The van der Waals surface area contributed by atoms with Crippen LogP contribution in [0.4, 0.5) is 0 Å². The van der Waals surface area contributed by atoms with Crippen LogP contribution in [0.25, 0.3) is 0 Å². The molecule has 21 heavy (non-hydrogen) atoms. The maximum Gasteiger partial charge on any atom is 0.0897 e. The van der Waals surface area contributed by atoms with Crippen molar-refractivity contribution in [3.8, 4) is 0 Å². The first kappa shape index (κ1) is 20.8. The third kappa shape index (κ3) is 12.1. The zero-order chi connectivity index (χ0) is 15.9.